The molecule has 0 saturated carbocycles. The molecule has 0 spiro atoms. The average molecular weight is 1060 g/mol. The third-order valence-electron chi connectivity index (χ3n) is 14.2. The van der Waals surface area contributed by atoms with Gasteiger partial charge in [-0.15, -0.1) is 0 Å². The molecule has 0 amide bonds. The molecule has 0 aliphatic rings. The summed E-state index contributed by atoms with van der Waals surface area (Å²) in [6.07, 6.45) is 84.4. The van der Waals surface area contributed by atoms with Crippen molar-refractivity contribution < 1.29 is 28.6 Å². The van der Waals surface area contributed by atoms with Crippen LogP contribution >= 0.6 is 0 Å². The summed E-state index contributed by atoms with van der Waals surface area (Å²) in [5, 5.41) is 0. The first-order valence-corrected chi connectivity index (χ1v) is 32.6. The summed E-state index contributed by atoms with van der Waals surface area (Å²) in [5.74, 6) is -0.881. The highest BCUT2D eigenvalue weighted by atomic mass is 16.6. The molecular formula is C70H122O6. The molecule has 0 heterocycles. The zero-order chi connectivity index (χ0) is 55.0. The zero-order valence-corrected chi connectivity index (χ0v) is 50.3. The molecule has 0 aromatic rings. The van der Waals surface area contributed by atoms with Gasteiger partial charge in [0, 0.05) is 19.3 Å². The number of carbonyl (C=O) groups excluding carboxylic acids is 3. The number of unbranched alkanes of at least 4 members (excludes halogenated alkanes) is 34. The van der Waals surface area contributed by atoms with E-state index in [2.05, 4.69) is 106 Å². The first kappa shape index (κ1) is 72.6. The Bertz CT molecular complexity index is 1450. The second-order valence-corrected chi connectivity index (χ2v) is 21.7. The Morgan fingerprint density at radius 1 is 0.276 bits per heavy atom. The van der Waals surface area contributed by atoms with E-state index in [0.29, 0.717) is 19.3 Å². The minimum Gasteiger partial charge on any atom is -0.462 e. The van der Waals surface area contributed by atoms with Crippen molar-refractivity contribution in [1.82, 2.24) is 0 Å². The van der Waals surface area contributed by atoms with E-state index in [1.54, 1.807) is 0 Å². The van der Waals surface area contributed by atoms with Crippen molar-refractivity contribution in [3.05, 3.63) is 85.1 Å². The summed E-state index contributed by atoms with van der Waals surface area (Å²) in [7, 11) is 0. The molecule has 0 aliphatic heterocycles. The second kappa shape index (κ2) is 64.1. The predicted molar refractivity (Wildman–Crippen MR) is 330 cm³/mol. The molecule has 1 atom stereocenters. The maximum atomic E-state index is 12.9. The fourth-order valence-electron chi connectivity index (χ4n) is 9.31. The molecule has 0 aliphatic carbocycles. The summed E-state index contributed by atoms with van der Waals surface area (Å²) >= 11 is 0. The van der Waals surface area contributed by atoms with Gasteiger partial charge in [-0.25, -0.2) is 0 Å². The average Bonchev–Trinajstić information content (AvgIpc) is 3.42. The van der Waals surface area contributed by atoms with Crippen molar-refractivity contribution >= 4 is 17.9 Å². The van der Waals surface area contributed by atoms with E-state index < -0.39 is 6.10 Å². The van der Waals surface area contributed by atoms with Gasteiger partial charge in [0.05, 0.1) is 0 Å². The predicted octanol–water partition coefficient (Wildman–Crippen LogP) is 22.3. The number of hydrogen-bond donors (Lipinski definition) is 0. The molecule has 6 nitrogen and oxygen atoms in total. The summed E-state index contributed by atoms with van der Waals surface area (Å²) < 4.78 is 16.9. The Morgan fingerprint density at radius 3 is 0.803 bits per heavy atom. The summed E-state index contributed by atoms with van der Waals surface area (Å²) in [5.41, 5.74) is 0. The van der Waals surface area contributed by atoms with Crippen LogP contribution in [0.3, 0.4) is 0 Å². The van der Waals surface area contributed by atoms with Crippen molar-refractivity contribution in [2.45, 2.75) is 329 Å². The molecule has 1 unspecified atom stereocenters. The molecule has 0 radical (unpaired) electrons. The van der Waals surface area contributed by atoms with Crippen LogP contribution in [0.15, 0.2) is 85.1 Å². The van der Waals surface area contributed by atoms with E-state index in [-0.39, 0.29) is 31.1 Å². The lowest BCUT2D eigenvalue weighted by Crippen LogP contribution is -2.30. The van der Waals surface area contributed by atoms with Gasteiger partial charge in [-0.2, -0.15) is 0 Å². The third kappa shape index (κ3) is 61.4. The lowest BCUT2D eigenvalue weighted by Gasteiger charge is -2.18. The molecule has 0 aromatic carbocycles. The molecule has 0 aromatic heterocycles. The Labute approximate surface area is 471 Å². The SMILES string of the molecule is CC/C=C\C/C=C\C/C=C\C/C=C\C/C=C\C/C=C\C/C=C\CCCCCCCC(=O)OCC(COC(=O)CCCCCCCCCCCCCCCC)OC(=O)CCCCCCCCCCCCCCCCCCC. The lowest BCUT2D eigenvalue weighted by atomic mass is 10.0. The molecule has 0 rings (SSSR count). The largest absolute Gasteiger partial charge is 0.462 e. The van der Waals surface area contributed by atoms with Gasteiger partial charge < -0.3 is 14.2 Å². The van der Waals surface area contributed by atoms with Crippen LogP contribution in [0.1, 0.15) is 323 Å². The standard InChI is InChI=1S/C70H122O6/c1-4-7-10-13-16-19-22-25-28-30-31-32-33-34-35-36-37-38-39-41-42-45-48-51-54-57-60-63-69(72)75-66-67(65-74-68(71)62-59-56-53-50-47-44-27-24-21-18-15-12-9-6-3)76-70(73)64-61-58-55-52-49-46-43-40-29-26-23-20-17-14-11-8-5-2/h7,10,16,19,25,28,31-32,34-35,37-38,41-42,67H,4-6,8-9,11-15,17-18,20-24,26-27,29-30,33,36,39-40,43-66H2,1-3H3/b10-7-,19-16-,28-25-,32-31-,35-34-,38-37-,42-41-. The van der Waals surface area contributed by atoms with E-state index in [1.165, 1.54) is 161 Å². The molecule has 0 fully saturated rings. The van der Waals surface area contributed by atoms with Crippen LogP contribution in [0.2, 0.25) is 0 Å². The molecule has 6 heteroatoms. The van der Waals surface area contributed by atoms with E-state index in [9.17, 15) is 14.4 Å². The maximum Gasteiger partial charge on any atom is 0.306 e. The van der Waals surface area contributed by atoms with Crippen LogP contribution in [0.5, 0.6) is 0 Å². The first-order valence-electron chi connectivity index (χ1n) is 32.6. The van der Waals surface area contributed by atoms with Gasteiger partial charge in [0.2, 0.25) is 0 Å². The highest BCUT2D eigenvalue weighted by Crippen LogP contribution is 2.17. The number of hydrogen-bond acceptors (Lipinski definition) is 6. The number of allylic oxidation sites excluding steroid dienone is 14. The first-order chi connectivity index (χ1) is 37.5. The summed E-state index contributed by atoms with van der Waals surface area (Å²) in [4.78, 5) is 38.3. The van der Waals surface area contributed by atoms with Crippen LogP contribution in [0.25, 0.3) is 0 Å². The van der Waals surface area contributed by atoms with Gasteiger partial charge in [0.25, 0.3) is 0 Å². The van der Waals surface area contributed by atoms with Crippen LogP contribution in [-0.2, 0) is 28.6 Å². The fourth-order valence-corrected chi connectivity index (χ4v) is 9.31. The quantitative estimate of drug-likeness (QED) is 0.0261. The van der Waals surface area contributed by atoms with Crippen LogP contribution in [0.4, 0.5) is 0 Å². The topological polar surface area (TPSA) is 78.9 Å². The minimum absolute atomic E-state index is 0.0780. The van der Waals surface area contributed by atoms with Crippen molar-refractivity contribution in [2.75, 3.05) is 13.2 Å². The van der Waals surface area contributed by atoms with Gasteiger partial charge in [0.1, 0.15) is 13.2 Å². The van der Waals surface area contributed by atoms with E-state index in [1.807, 2.05) is 0 Å². The highest BCUT2D eigenvalue weighted by Gasteiger charge is 2.19. The van der Waals surface area contributed by atoms with Crippen LogP contribution < -0.4 is 0 Å². The normalized spacial score (nSPS) is 12.6. The van der Waals surface area contributed by atoms with Crippen molar-refractivity contribution in [1.29, 1.82) is 0 Å². The monoisotopic (exact) mass is 1060 g/mol. The van der Waals surface area contributed by atoms with Crippen molar-refractivity contribution in [3.63, 3.8) is 0 Å². The molecule has 0 saturated heterocycles. The van der Waals surface area contributed by atoms with E-state index >= 15 is 0 Å². The Morgan fingerprint density at radius 2 is 0.513 bits per heavy atom. The van der Waals surface area contributed by atoms with E-state index in [4.69, 9.17) is 14.2 Å². The smallest absolute Gasteiger partial charge is 0.306 e. The number of esters is 3. The summed E-state index contributed by atoms with van der Waals surface area (Å²) in [6, 6.07) is 0. The van der Waals surface area contributed by atoms with Gasteiger partial charge >= 0.3 is 17.9 Å². The lowest BCUT2D eigenvalue weighted by molar-refractivity contribution is -0.167. The molecule has 438 valence electrons. The number of ether oxygens (including phenoxy) is 3. The van der Waals surface area contributed by atoms with E-state index in [0.717, 1.165) is 122 Å². The zero-order valence-electron chi connectivity index (χ0n) is 50.3. The van der Waals surface area contributed by atoms with Crippen LogP contribution in [-0.4, -0.2) is 37.2 Å². The van der Waals surface area contributed by atoms with Crippen molar-refractivity contribution in [3.8, 4) is 0 Å². The van der Waals surface area contributed by atoms with Gasteiger partial charge in [-0.1, -0.05) is 311 Å². The Balaban J connectivity index is 4.35. The van der Waals surface area contributed by atoms with Gasteiger partial charge in [-0.3, -0.25) is 14.4 Å². The fraction of sp³-hybridized carbons (Fsp3) is 0.757. The molecule has 0 bridgehead atoms. The highest BCUT2D eigenvalue weighted by molar-refractivity contribution is 5.71. The van der Waals surface area contributed by atoms with Gasteiger partial charge in [-0.05, 0) is 77.0 Å². The Kier molecular flexibility index (Phi) is 61.2. The maximum absolute atomic E-state index is 12.9. The molecule has 76 heavy (non-hydrogen) atoms. The summed E-state index contributed by atoms with van der Waals surface area (Å²) in [6.45, 7) is 6.55. The third-order valence-corrected chi connectivity index (χ3v) is 14.2. The number of carbonyl (C=O) groups is 3. The molecular weight excluding hydrogens is 937 g/mol. The Hall–Kier alpha value is -3.41. The number of rotatable bonds is 59. The van der Waals surface area contributed by atoms with Gasteiger partial charge in [0.15, 0.2) is 6.10 Å². The van der Waals surface area contributed by atoms with Crippen molar-refractivity contribution in [2.24, 2.45) is 0 Å². The molecule has 0 N–H and O–H groups in total. The second-order valence-electron chi connectivity index (χ2n) is 21.7. The van der Waals surface area contributed by atoms with Crippen LogP contribution in [0, 0.1) is 0 Å². The minimum atomic E-state index is -0.782.